The number of hydrogen-bond donors (Lipinski definition) is 2. The van der Waals surface area contributed by atoms with Gasteiger partial charge in [-0.1, -0.05) is 18.2 Å². The molecule has 0 unspecified atom stereocenters. The van der Waals surface area contributed by atoms with Crippen LogP contribution in [-0.4, -0.2) is 48.9 Å². The molecule has 0 saturated carbocycles. The molecule has 0 radical (unpaired) electrons. The predicted octanol–water partition coefficient (Wildman–Crippen LogP) is 3.69. The summed E-state index contributed by atoms with van der Waals surface area (Å²) in [5.41, 5.74) is 3.27. The van der Waals surface area contributed by atoms with E-state index >= 15 is 0 Å². The van der Waals surface area contributed by atoms with Crippen LogP contribution in [-0.2, 0) is 16.1 Å². The number of ether oxygens (including phenoxy) is 2. The smallest absolute Gasteiger partial charge is 0.223 e. The van der Waals surface area contributed by atoms with E-state index in [9.17, 15) is 9.59 Å². The van der Waals surface area contributed by atoms with Gasteiger partial charge in [-0.05, 0) is 44.0 Å². The first-order valence-electron chi connectivity index (χ1n) is 12.1. The Hall–Kier alpha value is -4.01. The molecule has 0 aliphatic carbocycles. The van der Waals surface area contributed by atoms with Crippen molar-refractivity contribution in [3.8, 4) is 17.2 Å². The quantitative estimate of drug-likeness (QED) is 0.499. The van der Waals surface area contributed by atoms with Crippen molar-refractivity contribution in [2.75, 3.05) is 37.5 Å². The van der Waals surface area contributed by atoms with Crippen LogP contribution >= 0.6 is 0 Å². The molecular formula is C27H33N5O4. The number of para-hydroxylation sites is 1. The van der Waals surface area contributed by atoms with Crippen LogP contribution in [0.5, 0.6) is 11.5 Å². The lowest BCUT2D eigenvalue weighted by Crippen LogP contribution is -2.41. The number of aromatic nitrogens is 2. The third-order valence-electron chi connectivity index (χ3n) is 6.45. The normalized spacial score (nSPS) is 13.8. The van der Waals surface area contributed by atoms with Gasteiger partial charge in [0, 0.05) is 44.1 Å². The van der Waals surface area contributed by atoms with E-state index in [0.29, 0.717) is 49.7 Å². The number of aryl methyl sites for hydroxylation is 1. The van der Waals surface area contributed by atoms with Crippen LogP contribution < -0.4 is 25.0 Å². The maximum Gasteiger partial charge on any atom is 0.223 e. The monoisotopic (exact) mass is 491 g/mol. The van der Waals surface area contributed by atoms with E-state index in [2.05, 4.69) is 15.5 Å². The summed E-state index contributed by atoms with van der Waals surface area (Å²) in [6, 6.07) is 15.4. The molecule has 2 N–H and O–H groups in total. The predicted molar refractivity (Wildman–Crippen MR) is 139 cm³/mol. The number of nitrogens with zero attached hydrogens (tertiary/aromatic N) is 3. The Labute approximate surface area is 211 Å². The molecule has 36 heavy (non-hydrogen) atoms. The number of hydrogen-bond acceptors (Lipinski definition) is 6. The molecule has 1 saturated heterocycles. The molecule has 9 heteroatoms. The molecule has 0 bridgehead atoms. The number of carbonyl (C=O) groups excluding carboxylic acids is 2. The van der Waals surface area contributed by atoms with Gasteiger partial charge in [-0.15, -0.1) is 0 Å². The largest absolute Gasteiger partial charge is 0.497 e. The molecule has 0 spiro atoms. The van der Waals surface area contributed by atoms with E-state index in [1.165, 1.54) is 6.92 Å². The Morgan fingerprint density at radius 3 is 2.42 bits per heavy atom. The second-order valence-electron chi connectivity index (χ2n) is 8.87. The van der Waals surface area contributed by atoms with E-state index in [0.717, 1.165) is 22.8 Å². The van der Waals surface area contributed by atoms with E-state index in [1.807, 2.05) is 60.1 Å². The number of anilines is 2. The third-order valence-corrected chi connectivity index (χ3v) is 6.45. The number of carbonyl (C=O) groups is 2. The highest BCUT2D eigenvalue weighted by Gasteiger charge is 2.30. The molecule has 0 atom stereocenters. The van der Waals surface area contributed by atoms with Gasteiger partial charge in [0.1, 0.15) is 17.2 Å². The zero-order valence-electron chi connectivity index (χ0n) is 21.2. The van der Waals surface area contributed by atoms with Gasteiger partial charge in [-0.25, -0.2) is 4.68 Å². The molecule has 1 fully saturated rings. The van der Waals surface area contributed by atoms with Crippen molar-refractivity contribution < 1.29 is 19.1 Å². The fourth-order valence-corrected chi connectivity index (χ4v) is 4.56. The molecule has 1 aliphatic rings. The number of amides is 2. The zero-order valence-corrected chi connectivity index (χ0v) is 21.2. The van der Waals surface area contributed by atoms with Crippen LogP contribution in [0.3, 0.4) is 0 Å². The third kappa shape index (κ3) is 5.45. The SMILES string of the molecule is COc1ccc(CNC(=O)C2CCN(c3c(NC(C)=O)c(C)nn3-c3ccccc3)CC2)c(OC)c1. The number of methoxy groups -OCH3 is 2. The van der Waals surface area contributed by atoms with E-state index < -0.39 is 0 Å². The van der Waals surface area contributed by atoms with Crippen molar-refractivity contribution in [1.29, 1.82) is 0 Å². The first kappa shape index (κ1) is 25.1. The topological polar surface area (TPSA) is 97.7 Å². The van der Waals surface area contributed by atoms with Gasteiger partial charge in [-0.3, -0.25) is 9.59 Å². The van der Waals surface area contributed by atoms with Crippen LogP contribution in [0.2, 0.25) is 0 Å². The lowest BCUT2D eigenvalue weighted by atomic mass is 9.95. The summed E-state index contributed by atoms with van der Waals surface area (Å²) in [5.74, 6) is 2.02. The van der Waals surface area contributed by atoms with E-state index in [4.69, 9.17) is 14.6 Å². The van der Waals surface area contributed by atoms with Gasteiger partial charge < -0.3 is 25.0 Å². The van der Waals surface area contributed by atoms with Crippen LogP contribution in [0.25, 0.3) is 5.69 Å². The van der Waals surface area contributed by atoms with Crippen molar-refractivity contribution in [2.45, 2.75) is 33.2 Å². The van der Waals surface area contributed by atoms with E-state index in [-0.39, 0.29) is 17.7 Å². The van der Waals surface area contributed by atoms with Gasteiger partial charge in [0.25, 0.3) is 0 Å². The fourth-order valence-electron chi connectivity index (χ4n) is 4.56. The molecule has 9 nitrogen and oxygen atoms in total. The van der Waals surface area contributed by atoms with E-state index in [1.54, 1.807) is 14.2 Å². The molecule has 1 aromatic heterocycles. The average Bonchev–Trinajstić information content (AvgIpc) is 3.22. The van der Waals surface area contributed by atoms with Gasteiger partial charge in [0.15, 0.2) is 5.82 Å². The van der Waals surface area contributed by atoms with Crippen molar-refractivity contribution >= 4 is 23.3 Å². The lowest BCUT2D eigenvalue weighted by molar-refractivity contribution is -0.125. The number of piperidine rings is 1. The summed E-state index contributed by atoms with van der Waals surface area (Å²) in [4.78, 5) is 27.1. The van der Waals surface area contributed by atoms with Crippen molar-refractivity contribution in [2.24, 2.45) is 5.92 Å². The molecular weight excluding hydrogens is 458 g/mol. The summed E-state index contributed by atoms with van der Waals surface area (Å²) in [6.45, 7) is 5.13. The number of rotatable bonds is 8. The van der Waals surface area contributed by atoms with Crippen molar-refractivity contribution in [3.05, 3.63) is 59.8 Å². The van der Waals surface area contributed by atoms with Crippen molar-refractivity contribution in [3.63, 3.8) is 0 Å². The van der Waals surface area contributed by atoms with Crippen molar-refractivity contribution in [1.82, 2.24) is 15.1 Å². The first-order chi connectivity index (χ1) is 17.4. The Morgan fingerprint density at radius 1 is 1.06 bits per heavy atom. The minimum atomic E-state index is -0.143. The van der Waals surface area contributed by atoms with Crippen LogP contribution in [0.15, 0.2) is 48.5 Å². The summed E-state index contributed by atoms with van der Waals surface area (Å²) < 4.78 is 12.6. The summed E-state index contributed by atoms with van der Waals surface area (Å²) >= 11 is 0. The first-order valence-corrected chi connectivity index (χ1v) is 12.1. The molecule has 2 aromatic carbocycles. The molecule has 1 aliphatic heterocycles. The second kappa shape index (κ2) is 11.2. The highest BCUT2D eigenvalue weighted by molar-refractivity contribution is 5.93. The molecule has 2 amide bonds. The van der Waals surface area contributed by atoms with Crippen LogP contribution in [0, 0.1) is 12.8 Å². The minimum absolute atomic E-state index is 0.0300. The Balaban J connectivity index is 1.45. The lowest BCUT2D eigenvalue weighted by Gasteiger charge is -2.33. The average molecular weight is 492 g/mol. The molecule has 190 valence electrons. The molecule has 2 heterocycles. The second-order valence-corrected chi connectivity index (χ2v) is 8.87. The Kier molecular flexibility index (Phi) is 7.77. The Morgan fingerprint density at radius 2 is 1.78 bits per heavy atom. The van der Waals surface area contributed by atoms with Gasteiger partial charge in [0.2, 0.25) is 11.8 Å². The highest BCUT2D eigenvalue weighted by Crippen LogP contribution is 2.35. The Bertz CT molecular complexity index is 1220. The summed E-state index contributed by atoms with van der Waals surface area (Å²) in [6.07, 6.45) is 1.40. The number of nitrogens with one attached hydrogen (secondary N) is 2. The van der Waals surface area contributed by atoms with Crippen LogP contribution in [0.1, 0.15) is 31.0 Å². The zero-order chi connectivity index (χ0) is 25.7. The maximum absolute atomic E-state index is 13.0. The molecule has 4 rings (SSSR count). The van der Waals surface area contributed by atoms with Gasteiger partial charge in [0.05, 0.1) is 25.6 Å². The summed E-state index contributed by atoms with van der Waals surface area (Å²) in [7, 11) is 3.21. The van der Waals surface area contributed by atoms with Crippen LogP contribution in [0.4, 0.5) is 11.5 Å². The minimum Gasteiger partial charge on any atom is -0.497 e. The van der Waals surface area contributed by atoms with Gasteiger partial charge >= 0.3 is 0 Å². The highest BCUT2D eigenvalue weighted by atomic mass is 16.5. The standard InChI is InChI=1S/C27H33N5O4/c1-18-25(29-19(2)33)27(32(30-18)22-8-6-5-7-9-22)31-14-12-20(13-15-31)26(34)28-17-21-10-11-23(35-3)16-24(21)36-4/h5-11,16,20H,12-15,17H2,1-4H3,(H,28,34)(H,29,33). The summed E-state index contributed by atoms with van der Waals surface area (Å²) in [5, 5.41) is 10.7. The molecule has 3 aromatic rings. The fraction of sp³-hybridized carbons (Fsp3) is 0.370. The maximum atomic E-state index is 13.0. The number of benzene rings is 2. The van der Waals surface area contributed by atoms with Gasteiger partial charge in [-0.2, -0.15) is 5.10 Å².